The molecule has 0 saturated carbocycles. The molecule has 2 saturated heterocycles. The minimum Gasteiger partial charge on any atom is -0.493 e. The predicted molar refractivity (Wildman–Crippen MR) is 134 cm³/mol. The lowest BCUT2D eigenvalue weighted by Crippen LogP contribution is -2.45. The van der Waals surface area contributed by atoms with Crippen LogP contribution in [0.4, 0.5) is 5.69 Å². The number of piperazine rings is 1. The van der Waals surface area contributed by atoms with Crippen molar-refractivity contribution in [3.8, 4) is 11.5 Å². The van der Waals surface area contributed by atoms with E-state index < -0.39 is 0 Å². The second-order valence-corrected chi connectivity index (χ2v) is 10.2. The van der Waals surface area contributed by atoms with Gasteiger partial charge in [0.15, 0.2) is 11.5 Å². The molecule has 0 aliphatic carbocycles. The molecule has 0 unspecified atom stereocenters. The minimum atomic E-state index is 0.0261. The van der Waals surface area contributed by atoms with Crippen LogP contribution in [-0.2, 0) is 0 Å². The highest BCUT2D eigenvalue weighted by molar-refractivity contribution is 8.22. The fourth-order valence-corrected chi connectivity index (χ4v) is 5.57. The van der Waals surface area contributed by atoms with Crippen LogP contribution < -0.4 is 9.47 Å². The predicted octanol–water partition coefficient (Wildman–Crippen LogP) is 3.44. The number of likely N-dealkylation sites (N-methyl/N-ethyl adjacent to an activating group) is 1. The molecule has 3 aliphatic heterocycles. The molecule has 1 amide bonds. The van der Waals surface area contributed by atoms with Crippen LogP contribution in [0.2, 0.25) is 0 Å². The van der Waals surface area contributed by atoms with Crippen LogP contribution in [0.15, 0.2) is 17.1 Å². The number of ether oxygens (including phenoxy) is 2. The lowest BCUT2D eigenvalue weighted by Gasteiger charge is -2.33. The van der Waals surface area contributed by atoms with Crippen LogP contribution in [0, 0.1) is 0 Å². The van der Waals surface area contributed by atoms with Crippen molar-refractivity contribution in [2.45, 2.75) is 31.7 Å². The maximum absolute atomic E-state index is 12.9. The van der Waals surface area contributed by atoms with E-state index in [4.69, 9.17) is 21.7 Å². The Balaban J connectivity index is 1.26. The lowest BCUT2D eigenvalue weighted by atomic mass is 10.1. The first-order valence-corrected chi connectivity index (χ1v) is 12.8. The van der Waals surface area contributed by atoms with Crippen LogP contribution in [0.5, 0.6) is 11.5 Å². The molecule has 0 radical (unpaired) electrons. The zero-order chi connectivity index (χ0) is 22.5. The lowest BCUT2D eigenvalue weighted by molar-refractivity contribution is 0.0774. The van der Waals surface area contributed by atoms with E-state index in [0.29, 0.717) is 29.4 Å². The number of hydrogen-bond acceptors (Lipinski definition) is 7. The van der Waals surface area contributed by atoms with E-state index in [0.717, 1.165) is 68.5 Å². The van der Waals surface area contributed by atoms with E-state index in [1.807, 2.05) is 17.2 Å². The molecule has 0 aromatic heterocycles. The molecule has 3 aliphatic rings. The summed E-state index contributed by atoms with van der Waals surface area (Å²) >= 11 is 7.35. The Kier molecular flexibility index (Phi) is 7.91. The molecule has 1 aromatic rings. The monoisotopic (exact) mass is 476 g/mol. The molecule has 1 aromatic carbocycles. The van der Waals surface area contributed by atoms with Gasteiger partial charge in [0, 0.05) is 50.8 Å². The number of methoxy groups -OCH3 is 1. The Morgan fingerprint density at radius 2 is 2.00 bits per heavy atom. The number of thioether (sulfide) groups is 1. The van der Waals surface area contributed by atoms with Gasteiger partial charge in [0.1, 0.15) is 4.32 Å². The van der Waals surface area contributed by atoms with Gasteiger partial charge < -0.3 is 24.2 Å². The third kappa shape index (κ3) is 5.38. The van der Waals surface area contributed by atoms with Gasteiger partial charge in [-0.1, -0.05) is 24.0 Å². The molecule has 32 heavy (non-hydrogen) atoms. The highest BCUT2D eigenvalue weighted by Gasteiger charge is 2.32. The Labute approximate surface area is 200 Å². The number of carbonyl (C=O) groups excluding carboxylic acids is 1. The van der Waals surface area contributed by atoms with Crippen molar-refractivity contribution >= 4 is 46.1 Å². The molecular formula is C23H32N4O3S2. The summed E-state index contributed by atoms with van der Waals surface area (Å²) in [5.41, 5.74) is 1.25. The van der Waals surface area contributed by atoms with Gasteiger partial charge in [-0.3, -0.25) is 9.79 Å². The minimum absolute atomic E-state index is 0.0261. The van der Waals surface area contributed by atoms with E-state index in [-0.39, 0.29) is 11.9 Å². The van der Waals surface area contributed by atoms with E-state index in [2.05, 4.69) is 21.8 Å². The summed E-state index contributed by atoms with van der Waals surface area (Å²) in [5.74, 6) is 2.24. The molecule has 4 rings (SSSR count). The van der Waals surface area contributed by atoms with Crippen molar-refractivity contribution in [1.29, 1.82) is 0 Å². The van der Waals surface area contributed by atoms with Crippen LogP contribution in [0.1, 0.15) is 36.0 Å². The number of fused-ring (bicyclic) bond motifs is 2. The van der Waals surface area contributed by atoms with Gasteiger partial charge in [0.25, 0.3) is 5.91 Å². The molecule has 9 heteroatoms. The van der Waals surface area contributed by atoms with Crippen LogP contribution in [0.25, 0.3) is 0 Å². The molecule has 1 atom stereocenters. The summed E-state index contributed by atoms with van der Waals surface area (Å²) < 4.78 is 12.5. The molecule has 174 valence electrons. The van der Waals surface area contributed by atoms with Crippen LogP contribution >= 0.6 is 24.0 Å². The van der Waals surface area contributed by atoms with Gasteiger partial charge in [-0.05, 0) is 38.8 Å². The molecule has 0 spiro atoms. The third-order valence-corrected chi connectivity index (χ3v) is 7.85. The van der Waals surface area contributed by atoms with Crippen LogP contribution in [-0.4, -0.2) is 96.4 Å². The van der Waals surface area contributed by atoms with Gasteiger partial charge >= 0.3 is 0 Å². The Morgan fingerprint density at radius 3 is 2.78 bits per heavy atom. The van der Waals surface area contributed by atoms with Crippen molar-refractivity contribution in [3.05, 3.63) is 17.7 Å². The average Bonchev–Trinajstić information content (AvgIpc) is 3.23. The van der Waals surface area contributed by atoms with Crippen LogP contribution in [0.3, 0.4) is 0 Å². The van der Waals surface area contributed by atoms with Gasteiger partial charge in [0.05, 0.1) is 31.0 Å². The summed E-state index contributed by atoms with van der Waals surface area (Å²) in [5, 5.41) is 0. The van der Waals surface area contributed by atoms with E-state index >= 15 is 0 Å². The second kappa shape index (κ2) is 10.9. The average molecular weight is 477 g/mol. The maximum atomic E-state index is 12.9. The number of rotatable bonds is 7. The highest BCUT2D eigenvalue weighted by atomic mass is 32.2. The topological polar surface area (TPSA) is 57.6 Å². The first-order valence-electron chi connectivity index (χ1n) is 11.4. The van der Waals surface area contributed by atoms with Crippen molar-refractivity contribution in [1.82, 2.24) is 14.7 Å². The van der Waals surface area contributed by atoms with Crippen molar-refractivity contribution in [2.75, 3.05) is 59.2 Å². The largest absolute Gasteiger partial charge is 0.493 e. The summed E-state index contributed by atoms with van der Waals surface area (Å²) in [4.78, 5) is 24.1. The molecule has 0 N–H and O–H groups in total. The maximum Gasteiger partial charge on any atom is 0.256 e. The first kappa shape index (κ1) is 23.3. The fraction of sp³-hybridized carbons (Fsp3) is 0.609. The zero-order valence-electron chi connectivity index (χ0n) is 18.9. The molecular weight excluding hydrogens is 444 g/mol. The SMILES string of the molecule is COc1cc2c(cc1OCCCCSC(=S)N1CCN(C)CC1)N=C[C@@H]1CCCN1C2=O. The van der Waals surface area contributed by atoms with Gasteiger partial charge in [-0.2, -0.15) is 0 Å². The Hall–Kier alpha value is -1.84. The van der Waals surface area contributed by atoms with Gasteiger partial charge in [-0.15, -0.1) is 0 Å². The number of carbonyl (C=O) groups is 1. The number of unbranched alkanes of at least 4 members (excludes halogenated alkanes) is 1. The van der Waals surface area contributed by atoms with Crippen molar-refractivity contribution < 1.29 is 14.3 Å². The van der Waals surface area contributed by atoms with Gasteiger partial charge in [-0.25, -0.2) is 0 Å². The van der Waals surface area contributed by atoms with Crippen molar-refractivity contribution in [2.24, 2.45) is 4.99 Å². The Morgan fingerprint density at radius 1 is 1.19 bits per heavy atom. The number of thiocarbonyl (C=S) groups is 1. The highest BCUT2D eigenvalue weighted by Crippen LogP contribution is 2.38. The summed E-state index contributed by atoms with van der Waals surface area (Å²) in [6.45, 7) is 5.56. The second-order valence-electron chi connectivity index (χ2n) is 8.47. The number of benzene rings is 1. The number of amides is 1. The zero-order valence-corrected chi connectivity index (χ0v) is 20.6. The Bertz CT molecular complexity index is 871. The summed E-state index contributed by atoms with van der Waals surface area (Å²) in [6.07, 6.45) is 5.84. The fourth-order valence-electron chi connectivity index (χ4n) is 4.25. The van der Waals surface area contributed by atoms with Gasteiger partial charge in [0.2, 0.25) is 0 Å². The molecule has 3 heterocycles. The smallest absolute Gasteiger partial charge is 0.256 e. The summed E-state index contributed by atoms with van der Waals surface area (Å²) in [7, 11) is 3.76. The van der Waals surface area contributed by atoms with E-state index in [9.17, 15) is 4.79 Å². The molecule has 0 bridgehead atoms. The number of hydrogen-bond donors (Lipinski definition) is 0. The first-order chi connectivity index (χ1) is 15.6. The number of nitrogens with zero attached hydrogens (tertiary/aromatic N) is 4. The quantitative estimate of drug-likeness (QED) is 0.441. The standard InChI is InChI=1S/C23H32N4O3S2/c1-25-8-10-26(11-9-25)23(31)32-13-4-3-12-30-21-15-19-18(14-20(21)29-2)22(28)27-7-5-6-17(27)16-24-19/h14-17H,3-13H2,1-2H3/t17-/m0/s1. The normalized spacial score (nSPS) is 20.7. The van der Waals surface area contributed by atoms with E-state index in [1.165, 1.54) is 0 Å². The third-order valence-electron chi connectivity index (χ3n) is 6.24. The molecule has 2 fully saturated rings. The summed E-state index contributed by atoms with van der Waals surface area (Å²) in [6, 6.07) is 3.71. The number of aliphatic imine (C=N–C) groups is 1. The van der Waals surface area contributed by atoms with E-state index in [1.54, 1.807) is 24.9 Å². The van der Waals surface area contributed by atoms with Crippen molar-refractivity contribution in [3.63, 3.8) is 0 Å². The molecule has 7 nitrogen and oxygen atoms in total.